The largest absolute Gasteiger partial charge is 0.488 e. The summed E-state index contributed by atoms with van der Waals surface area (Å²) in [5.74, 6) is -0.0529. The van der Waals surface area contributed by atoms with Gasteiger partial charge < -0.3 is 19.5 Å². The Morgan fingerprint density at radius 3 is 2.78 bits per heavy atom. The summed E-state index contributed by atoms with van der Waals surface area (Å²) in [5, 5.41) is 7.57. The summed E-state index contributed by atoms with van der Waals surface area (Å²) in [6.45, 7) is 7.21. The Morgan fingerprint density at radius 1 is 1.19 bits per heavy atom. The van der Waals surface area contributed by atoms with Crippen LogP contribution in [-0.4, -0.2) is 50.0 Å². The molecule has 1 saturated heterocycles. The highest BCUT2D eigenvalue weighted by Crippen LogP contribution is 2.30. The van der Waals surface area contributed by atoms with Crippen molar-refractivity contribution < 1.29 is 23.4 Å². The van der Waals surface area contributed by atoms with Gasteiger partial charge in [-0.1, -0.05) is 0 Å². The van der Waals surface area contributed by atoms with Crippen LogP contribution in [0.2, 0.25) is 0 Å². The van der Waals surface area contributed by atoms with E-state index in [4.69, 9.17) is 14.2 Å². The second-order valence-electron chi connectivity index (χ2n) is 9.73. The lowest BCUT2D eigenvalue weighted by Gasteiger charge is -2.18. The third-order valence-electron chi connectivity index (χ3n) is 5.75. The number of halogens is 1. The van der Waals surface area contributed by atoms with E-state index in [1.165, 1.54) is 18.6 Å². The molecule has 1 atom stereocenters. The van der Waals surface area contributed by atoms with Crippen LogP contribution in [0.3, 0.4) is 0 Å². The van der Waals surface area contributed by atoms with Crippen molar-refractivity contribution in [3.8, 4) is 17.4 Å². The summed E-state index contributed by atoms with van der Waals surface area (Å²) in [7, 11) is 0. The second kappa shape index (κ2) is 10.1. The molecule has 192 valence electrons. The van der Waals surface area contributed by atoms with Crippen LogP contribution >= 0.6 is 0 Å². The smallest absolute Gasteiger partial charge is 0.230 e. The van der Waals surface area contributed by atoms with Crippen LogP contribution < -0.4 is 14.8 Å². The van der Waals surface area contributed by atoms with E-state index in [1.807, 2.05) is 26.8 Å². The fourth-order valence-electron chi connectivity index (χ4n) is 3.82. The molecule has 1 aliphatic heterocycles. The predicted octanol–water partition coefficient (Wildman–Crippen LogP) is 4.26. The van der Waals surface area contributed by atoms with Crippen molar-refractivity contribution in [2.75, 3.05) is 18.5 Å². The van der Waals surface area contributed by atoms with Gasteiger partial charge in [0.15, 0.2) is 5.75 Å². The van der Waals surface area contributed by atoms with E-state index in [-0.39, 0.29) is 35.4 Å². The third kappa shape index (κ3) is 5.83. The standard InChI is InChI=1S/C26H27FN6O4/c1-26(2,3)33-13-16(11-31-33)32-24(34)10-23-21(27)9-19(12-28-23)37-25-20-8-17(36-18-6-7-35-14-18)4-5-22(20)29-15-30-25/h4-5,8-9,11-13,15,18H,6-7,10,14H2,1-3H3,(H,32,34)/t18-/m1/s1. The van der Waals surface area contributed by atoms with Crippen molar-refractivity contribution in [2.45, 2.75) is 45.3 Å². The van der Waals surface area contributed by atoms with Gasteiger partial charge in [-0.05, 0) is 39.0 Å². The molecule has 0 unspecified atom stereocenters. The quantitative estimate of drug-likeness (QED) is 0.396. The average molecular weight is 507 g/mol. The molecular formula is C26H27FN6O4. The molecule has 0 spiro atoms. The normalized spacial score (nSPS) is 15.6. The highest BCUT2D eigenvalue weighted by Gasteiger charge is 2.19. The number of nitrogens with zero attached hydrogens (tertiary/aromatic N) is 5. The number of ether oxygens (including phenoxy) is 3. The van der Waals surface area contributed by atoms with Crippen LogP contribution in [0, 0.1) is 5.82 Å². The molecule has 1 aliphatic rings. The molecule has 10 nitrogen and oxygen atoms in total. The maximum Gasteiger partial charge on any atom is 0.230 e. The molecule has 5 rings (SSSR count). The van der Waals surface area contributed by atoms with Gasteiger partial charge in [0.2, 0.25) is 11.8 Å². The minimum Gasteiger partial charge on any atom is -0.488 e. The molecule has 0 radical (unpaired) electrons. The van der Waals surface area contributed by atoms with E-state index in [9.17, 15) is 9.18 Å². The lowest BCUT2D eigenvalue weighted by Crippen LogP contribution is -2.22. The molecule has 0 bridgehead atoms. The molecule has 1 fully saturated rings. The predicted molar refractivity (Wildman–Crippen MR) is 133 cm³/mol. The topological polar surface area (TPSA) is 113 Å². The van der Waals surface area contributed by atoms with E-state index in [2.05, 4.69) is 25.4 Å². The third-order valence-corrected chi connectivity index (χ3v) is 5.75. The minimum absolute atomic E-state index is 0.00456. The number of carbonyl (C=O) groups is 1. The Hall–Kier alpha value is -4.12. The number of aromatic nitrogens is 5. The molecule has 1 amide bonds. The number of fused-ring (bicyclic) bond motifs is 1. The van der Waals surface area contributed by atoms with Gasteiger partial charge in [-0.2, -0.15) is 5.10 Å². The Balaban J connectivity index is 1.27. The monoisotopic (exact) mass is 506 g/mol. The van der Waals surface area contributed by atoms with Gasteiger partial charge in [0, 0.05) is 18.7 Å². The van der Waals surface area contributed by atoms with Crippen molar-refractivity contribution >= 4 is 22.5 Å². The summed E-state index contributed by atoms with van der Waals surface area (Å²) >= 11 is 0. The average Bonchev–Trinajstić information content (AvgIpc) is 3.53. The SMILES string of the molecule is CC(C)(C)n1cc(NC(=O)Cc2ncc(Oc3ncnc4ccc(O[C@@H]5CCOC5)cc34)cc2F)cn1. The molecule has 4 heterocycles. The van der Waals surface area contributed by atoms with Crippen molar-refractivity contribution in [3.05, 3.63) is 60.7 Å². The zero-order chi connectivity index (χ0) is 26.0. The van der Waals surface area contributed by atoms with Crippen LogP contribution in [0.1, 0.15) is 32.9 Å². The molecular weight excluding hydrogens is 479 g/mol. The molecule has 3 aromatic heterocycles. The van der Waals surface area contributed by atoms with Crippen LogP contribution in [0.4, 0.5) is 10.1 Å². The first kappa shape index (κ1) is 24.6. The Bertz CT molecular complexity index is 1430. The Labute approximate surface area is 212 Å². The number of hydrogen-bond donors (Lipinski definition) is 1. The number of nitrogens with one attached hydrogen (secondary N) is 1. The molecule has 4 aromatic rings. The maximum absolute atomic E-state index is 14.8. The first-order valence-electron chi connectivity index (χ1n) is 11.9. The van der Waals surface area contributed by atoms with E-state index in [0.717, 1.165) is 6.42 Å². The maximum atomic E-state index is 14.8. The zero-order valence-corrected chi connectivity index (χ0v) is 20.8. The first-order chi connectivity index (χ1) is 17.7. The van der Waals surface area contributed by atoms with E-state index in [0.29, 0.717) is 35.6 Å². The summed E-state index contributed by atoms with van der Waals surface area (Å²) in [6, 6.07) is 6.60. The number of amides is 1. The molecule has 1 aromatic carbocycles. The van der Waals surface area contributed by atoms with Crippen LogP contribution in [-0.2, 0) is 21.5 Å². The minimum atomic E-state index is -0.665. The molecule has 0 saturated carbocycles. The van der Waals surface area contributed by atoms with Crippen LogP contribution in [0.15, 0.2) is 49.2 Å². The summed E-state index contributed by atoms with van der Waals surface area (Å²) in [6.07, 6.45) is 6.57. The number of rotatable bonds is 7. The number of hydrogen-bond acceptors (Lipinski definition) is 8. The highest BCUT2D eigenvalue weighted by atomic mass is 19.1. The van der Waals surface area contributed by atoms with Gasteiger partial charge in [0.05, 0.1) is 59.9 Å². The van der Waals surface area contributed by atoms with Crippen LogP contribution in [0.5, 0.6) is 17.4 Å². The van der Waals surface area contributed by atoms with Crippen molar-refractivity contribution in [3.63, 3.8) is 0 Å². The van der Waals surface area contributed by atoms with Crippen molar-refractivity contribution in [1.82, 2.24) is 24.7 Å². The molecule has 37 heavy (non-hydrogen) atoms. The highest BCUT2D eigenvalue weighted by molar-refractivity contribution is 5.91. The van der Waals surface area contributed by atoms with Crippen LogP contribution in [0.25, 0.3) is 10.9 Å². The summed E-state index contributed by atoms with van der Waals surface area (Å²) < 4.78 is 33.7. The number of carbonyl (C=O) groups excluding carboxylic acids is 1. The van der Waals surface area contributed by atoms with E-state index >= 15 is 0 Å². The van der Waals surface area contributed by atoms with E-state index in [1.54, 1.807) is 29.2 Å². The number of anilines is 1. The van der Waals surface area contributed by atoms with Gasteiger partial charge in [-0.3, -0.25) is 14.5 Å². The zero-order valence-electron chi connectivity index (χ0n) is 20.8. The van der Waals surface area contributed by atoms with Gasteiger partial charge >= 0.3 is 0 Å². The van der Waals surface area contributed by atoms with Gasteiger partial charge in [-0.25, -0.2) is 14.4 Å². The van der Waals surface area contributed by atoms with Crippen molar-refractivity contribution in [2.24, 2.45) is 0 Å². The summed E-state index contributed by atoms with van der Waals surface area (Å²) in [5.41, 5.74) is 0.951. The van der Waals surface area contributed by atoms with E-state index < -0.39 is 11.7 Å². The van der Waals surface area contributed by atoms with Gasteiger partial charge in [-0.15, -0.1) is 0 Å². The second-order valence-corrected chi connectivity index (χ2v) is 9.73. The fraction of sp³-hybridized carbons (Fsp3) is 0.346. The molecule has 11 heteroatoms. The summed E-state index contributed by atoms with van der Waals surface area (Å²) in [4.78, 5) is 25.0. The Kier molecular flexibility index (Phi) is 6.70. The fourth-order valence-corrected chi connectivity index (χ4v) is 3.82. The van der Waals surface area contributed by atoms with Gasteiger partial charge in [0.25, 0.3) is 0 Å². The van der Waals surface area contributed by atoms with Gasteiger partial charge in [0.1, 0.15) is 24.0 Å². The molecule has 0 aliphatic carbocycles. The Morgan fingerprint density at radius 2 is 2.05 bits per heavy atom. The number of benzene rings is 1. The lowest BCUT2D eigenvalue weighted by molar-refractivity contribution is -0.115. The molecule has 1 N–H and O–H groups in total. The lowest BCUT2D eigenvalue weighted by atomic mass is 10.1. The number of pyridine rings is 1. The van der Waals surface area contributed by atoms with Crippen molar-refractivity contribution in [1.29, 1.82) is 0 Å². The first-order valence-corrected chi connectivity index (χ1v) is 11.9.